The lowest BCUT2D eigenvalue weighted by Gasteiger charge is -1.96. The topological polar surface area (TPSA) is 37.6 Å². The van der Waals surface area contributed by atoms with Gasteiger partial charge >= 0.3 is 0 Å². The van der Waals surface area contributed by atoms with Crippen LogP contribution in [0.1, 0.15) is 18.3 Å². The Bertz CT molecular complexity index is 753. The highest BCUT2D eigenvalue weighted by atomic mass is 14.8. The zero-order valence-corrected chi connectivity index (χ0v) is 13.1. The minimum absolute atomic E-state index is 0.794. The second-order valence-corrected chi connectivity index (χ2v) is 4.77. The van der Waals surface area contributed by atoms with E-state index < -0.39 is 0 Å². The van der Waals surface area contributed by atoms with Crippen LogP contribution in [0.2, 0.25) is 0 Å². The number of pyridine rings is 1. The van der Waals surface area contributed by atoms with Gasteiger partial charge in [-0.25, -0.2) is 4.98 Å². The van der Waals surface area contributed by atoms with Crippen LogP contribution in [0, 0.1) is 0 Å². The summed E-state index contributed by atoms with van der Waals surface area (Å²) in [5.74, 6) is 0. The second kappa shape index (κ2) is 9.05. The van der Waals surface area contributed by atoms with Crippen molar-refractivity contribution < 1.29 is 0 Å². The summed E-state index contributed by atoms with van der Waals surface area (Å²) in [4.78, 5) is 13.3. The summed E-state index contributed by atoms with van der Waals surface area (Å²) in [6.07, 6.45) is 10.9. The molecule has 0 aliphatic heterocycles. The molecule has 114 valence electrons. The number of para-hydroxylation sites is 1. The van der Waals surface area contributed by atoms with Crippen LogP contribution >= 0.6 is 0 Å². The van der Waals surface area contributed by atoms with Crippen molar-refractivity contribution in [2.45, 2.75) is 6.92 Å². The van der Waals surface area contributed by atoms with Crippen LogP contribution in [0.4, 0.5) is 5.69 Å². The average Bonchev–Trinajstić information content (AvgIpc) is 2.60. The maximum Gasteiger partial charge on any atom is 0.0820 e. The summed E-state index contributed by atoms with van der Waals surface area (Å²) in [5, 5.41) is 0. The van der Waals surface area contributed by atoms with E-state index in [0.29, 0.717) is 0 Å². The summed E-state index contributed by atoms with van der Waals surface area (Å²) < 4.78 is 0. The van der Waals surface area contributed by atoms with Crippen LogP contribution in [0.25, 0.3) is 0 Å². The molecule has 0 fully saturated rings. The van der Waals surface area contributed by atoms with Crippen LogP contribution < -0.4 is 0 Å². The monoisotopic (exact) mass is 301 g/mol. The molecular formula is C20H19N3. The first-order chi connectivity index (χ1) is 11.3. The highest BCUT2D eigenvalue weighted by Gasteiger charge is 1.93. The van der Waals surface area contributed by atoms with Gasteiger partial charge in [0.1, 0.15) is 0 Å². The van der Waals surface area contributed by atoms with Gasteiger partial charge in [-0.2, -0.15) is 0 Å². The summed E-state index contributed by atoms with van der Waals surface area (Å²) in [7, 11) is 0. The highest BCUT2D eigenvalue weighted by Crippen LogP contribution is 2.09. The highest BCUT2D eigenvalue weighted by molar-refractivity contribution is 5.83. The Morgan fingerprint density at radius 3 is 2.43 bits per heavy atom. The fourth-order valence-electron chi connectivity index (χ4n) is 1.75. The Labute approximate surface area is 137 Å². The van der Waals surface area contributed by atoms with Crippen LogP contribution in [-0.2, 0) is 0 Å². The number of aliphatic imine (C=N–C) groups is 2. The van der Waals surface area contributed by atoms with Crippen molar-refractivity contribution in [1.82, 2.24) is 4.98 Å². The first-order valence-corrected chi connectivity index (χ1v) is 7.34. The normalized spacial score (nSPS) is 12.5. The Morgan fingerprint density at radius 1 is 0.957 bits per heavy atom. The Kier molecular flexibility index (Phi) is 6.42. The fraction of sp³-hybridized carbons (Fsp3) is 0.0500. The third-order valence-electron chi connectivity index (χ3n) is 2.88. The predicted octanol–water partition coefficient (Wildman–Crippen LogP) is 4.90. The Morgan fingerprint density at radius 2 is 1.70 bits per heavy atom. The lowest BCUT2D eigenvalue weighted by Crippen LogP contribution is -1.93. The van der Waals surface area contributed by atoms with Gasteiger partial charge in [0.05, 0.1) is 29.5 Å². The molecule has 0 unspecified atom stereocenters. The number of nitrogens with zero attached hydrogens (tertiary/aromatic N) is 3. The Balaban J connectivity index is 2.08. The van der Waals surface area contributed by atoms with E-state index in [0.717, 1.165) is 22.8 Å². The molecule has 0 amide bonds. The van der Waals surface area contributed by atoms with Crippen LogP contribution in [0.5, 0.6) is 0 Å². The van der Waals surface area contributed by atoms with Crippen molar-refractivity contribution in [3.63, 3.8) is 0 Å². The van der Waals surface area contributed by atoms with E-state index in [9.17, 15) is 0 Å². The van der Waals surface area contributed by atoms with Crippen molar-refractivity contribution in [3.05, 3.63) is 96.5 Å². The molecular weight excluding hydrogens is 282 g/mol. The molecule has 3 nitrogen and oxygen atoms in total. The van der Waals surface area contributed by atoms with Gasteiger partial charge < -0.3 is 0 Å². The number of allylic oxidation sites excluding steroid dienone is 5. The summed E-state index contributed by atoms with van der Waals surface area (Å²) in [5.41, 5.74) is 3.39. The third kappa shape index (κ3) is 6.06. The fourth-order valence-corrected chi connectivity index (χ4v) is 1.75. The van der Waals surface area contributed by atoms with Crippen molar-refractivity contribution >= 4 is 18.1 Å². The SMILES string of the molecule is C=C/C=C\C=C(/C)N=Cc1cccc(C=Nc2ccccc2)n1. The van der Waals surface area contributed by atoms with Gasteiger partial charge in [0.2, 0.25) is 0 Å². The van der Waals surface area contributed by atoms with Crippen LogP contribution in [0.15, 0.2) is 95.1 Å². The number of aromatic nitrogens is 1. The maximum absolute atomic E-state index is 4.50. The molecule has 1 heterocycles. The molecule has 0 saturated heterocycles. The van der Waals surface area contributed by atoms with Gasteiger partial charge in [-0.15, -0.1) is 0 Å². The Hall–Kier alpha value is -3.07. The predicted molar refractivity (Wildman–Crippen MR) is 98.6 cm³/mol. The molecule has 3 heteroatoms. The molecule has 0 aliphatic carbocycles. The van der Waals surface area contributed by atoms with Gasteiger partial charge in [0.25, 0.3) is 0 Å². The molecule has 0 atom stereocenters. The molecule has 0 N–H and O–H groups in total. The minimum atomic E-state index is 0.794. The summed E-state index contributed by atoms with van der Waals surface area (Å²) in [6, 6.07) is 15.6. The standard InChI is InChI=1S/C20H19N3/c1-3-4-6-10-17(2)21-15-19-13-9-14-20(23-19)16-22-18-11-7-5-8-12-18/h3-16H,1H2,2H3/b6-4-,17-10+,21-15?,22-16?. The molecule has 0 saturated carbocycles. The van der Waals surface area contributed by atoms with Crippen LogP contribution in [-0.4, -0.2) is 17.4 Å². The number of hydrogen-bond donors (Lipinski definition) is 0. The van der Waals surface area contributed by atoms with Gasteiger partial charge in [-0.3, -0.25) is 9.98 Å². The van der Waals surface area contributed by atoms with Crippen molar-refractivity contribution in [2.24, 2.45) is 9.98 Å². The molecule has 1 aromatic carbocycles. The third-order valence-corrected chi connectivity index (χ3v) is 2.88. The molecule has 0 bridgehead atoms. The first kappa shape index (κ1) is 16.3. The van der Waals surface area contributed by atoms with E-state index >= 15 is 0 Å². The minimum Gasteiger partial charge on any atom is -0.259 e. The molecule has 23 heavy (non-hydrogen) atoms. The van der Waals surface area contributed by atoms with Gasteiger partial charge in [0, 0.05) is 5.70 Å². The maximum atomic E-state index is 4.50. The van der Waals surface area contributed by atoms with E-state index in [1.807, 2.05) is 73.7 Å². The number of benzene rings is 1. The van der Waals surface area contributed by atoms with E-state index in [2.05, 4.69) is 21.5 Å². The van der Waals surface area contributed by atoms with E-state index in [1.54, 1.807) is 18.5 Å². The summed E-state index contributed by atoms with van der Waals surface area (Å²) in [6.45, 7) is 5.56. The number of rotatable bonds is 6. The van der Waals surface area contributed by atoms with Crippen molar-refractivity contribution in [2.75, 3.05) is 0 Å². The zero-order chi connectivity index (χ0) is 16.3. The summed E-state index contributed by atoms with van der Waals surface area (Å²) >= 11 is 0. The average molecular weight is 301 g/mol. The van der Waals surface area contributed by atoms with E-state index in [-0.39, 0.29) is 0 Å². The second-order valence-electron chi connectivity index (χ2n) is 4.77. The lowest BCUT2D eigenvalue weighted by molar-refractivity contribution is 1.25. The van der Waals surface area contributed by atoms with Gasteiger partial charge in [-0.1, -0.05) is 49.1 Å². The van der Waals surface area contributed by atoms with Crippen LogP contribution in [0.3, 0.4) is 0 Å². The molecule has 0 spiro atoms. The van der Waals surface area contributed by atoms with E-state index in [1.165, 1.54) is 0 Å². The molecule has 1 aromatic heterocycles. The molecule has 0 aliphatic rings. The van der Waals surface area contributed by atoms with Gasteiger partial charge in [0.15, 0.2) is 0 Å². The molecule has 2 rings (SSSR count). The van der Waals surface area contributed by atoms with Gasteiger partial charge in [-0.05, 0) is 37.3 Å². The first-order valence-electron chi connectivity index (χ1n) is 7.34. The molecule has 0 radical (unpaired) electrons. The van der Waals surface area contributed by atoms with E-state index in [4.69, 9.17) is 0 Å². The lowest BCUT2D eigenvalue weighted by atomic mass is 10.3. The largest absolute Gasteiger partial charge is 0.259 e. The smallest absolute Gasteiger partial charge is 0.0820 e. The van der Waals surface area contributed by atoms with Crippen molar-refractivity contribution in [3.8, 4) is 0 Å². The van der Waals surface area contributed by atoms with Crippen molar-refractivity contribution in [1.29, 1.82) is 0 Å². The quantitative estimate of drug-likeness (QED) is 0.552. The zero-order valence-electron chi connectivity index (χ0n) is 13.1. The molecule has 2 aromatic rings. The number of hydrogen-bond acceptors (Lipinski definition) is 3.